The van der Waals surface area contributed by atoms with Gasteiger partial charge >= 0.3 is 5.97 Å². The molecule has 2 heterocycles. The molecule has 0 spiro atoms. The number of primary amides is 1. The zero-order valence-electron chi connectivity index (χ0n) is 12.4. The standard InChI is InChI=1S/C15H19N3O4/c1-2-22-15(21)10-5-7-18(8-6-10)14(20)11-3-4-12(13(16)19)17-9-11/h3-4,9-10H,2,5-8H2,1H3,(H2,16,19). The Kier molecular flexibility index (Phi) is 5.08. The van der Waals surface area contributed by atoms with E-state index in [1.165, 1.54) is 18.3 Å². The normalized spacial score (nSPS) is 15.4. The summed E-state index contributed by atoms with van der Waals surface area (Å²) in [4.78, 5) is 40.5. The van der Waals surface area contributed by atoms with Crippen molar-refractivity contribution in [3.63, 3.8) is 0 Å². The van der Waals surface area contributed by atoms with Crippen LogP contribution in [0.2, 0.25) is 0 Å². The number of carbonyl (C=O) groups excluding carboxylic acids is 3. The third-order valence-corrected chi connectivity index (χ3v) is 3.66. The largest absolute Gasteiger partial charge is 0.466 e. The summed E-state index contributed by atoms with van der Waals surface area (Å²) in [6, 6.07) is 2.97. The van der Waals surface area contributed by atoms with Crippen LogP contribution in [0.25, 0.3) is 0 Å². The Morgan fingerprint density at radius 3 is 2.50 bits per heavy atom. The molecular weight excluding hydrogens is 286 g/mol. The van der Waals surface area contributed by atoms with Crippen molar-refractivity contribution in [1.82, 2.24) is 9.88 Å². The Hall–Kier alpha value is -2.44. The minimum atomic E-state index is -0.630. The first-order valence-corrected chi connectivity index (χ1v) is 7.24. The fourth-order valence-electron chi connectivity index (χ4n) is 2.43. The molecule has 1 aliphatic heterocycles. The fourth-order valence-corrected chi connectivity index (χ4v) is 2.43. The number of hydrogen-bond donors (Lipinski definition) is 1. The van der Waals surface area contributed by atoms with E-state index in [0.29, 0.717) is 38.1 Å². The molecule has 2 N–H and O–H groups in total. The van der Waals surface area contributed by atoms with Crippen LogP contribution in [0, 0.1) is 5.92 Å². The van der Waals surface area contributed by atoms with Crippen molar-refractivity contribution in [2.24, 2.45) is 11.7 Å². The molecule has 1 fully saturated rings. The van der Waals surface area contributed by atoms with Gasteiger partial charge in [-0.2, -0.15) is 0 Å². The van der Waals surface area contributed by atoms with E-state index in [-0.39, 0.29) is 23.5 Å². The Bertz CT molecular complexity index is 563. The molecule has 118 valence electrons. The Morgan fingerprint density at radius 1 is 1.32 bits per heavy atom. The molecule has 0 radical (unpaired) electrons. The summed E-state index contributed by atoms with van der Waals surface area (Å²) in [5, 5.41) is 0. The minimum absolute atomic E-state index is 0.123. The van der Waals surface area contributed by atoms with Crippen LogP contribution >= 0.6 is 0 Å². The summed E-state index contributed by atoms with van der Waals surface area (Å²) in [6.07, 6.45) is 2.54. The van der Waals surface area contributed by atoms with Gasteiger partial charge in [0, 0.05) is 19.3 Å². The van der Waals surface area contributed by atoms with Crippen LogP contribution in [-0.4, -0.2) is 47.4 Å². The Morgan fingerprint density at radius 2 is 2.00 bits per heavy atom. The average molecular weight is 305 g/mol. The van der Waals surface area contributed by atoms with Gasteiger partial charge in [-0.1, -0.05) is 0 Å². The number of nitrogens with two attached hydrogens (primary N) is 1. The van der Waals surface area contributed by atoms with Crippen LogP contribution in [0.1, 0.15) is 40.6 Å². The number of esters is 1. The molecule has 0 saturated carbocycles. The maximum Gasteiger partial charge on any atom is 0.309 e. The van der Waals surface area contributed by atoms with Crippen molar-refractivity contribution in [3.05, 3.63) is 29.6 Å². The number of aromatic nitrogens is 1. The van der Waals surface area contributed by atoms with Gasteiger partial charge in [0.1, 0.15) is 5.69 Å². The average Bonchev–Trinajstić information content (AvgIpc) is 2.54. The minimum Gasteiger partial charge on any atom is -0.466 e. The van der Waals surface area contributed by atoms with Gasteiger partial charge in [0.15, 0.2) is 0 Å². The predicted molar refractivity (Wildman–Crippen MR) is 78.0 cm³/mol. The van der Waals surface area contributed by atoms with E-state index < -0.39 is 5.91 Å². The smallest absolute Gasteiger partial charge is 0.309 e. The zero-order valence-corrected chi connectivity index (χ0v) is 12.4. The first-order valence-electron chi connectivity index (χ1n) is 7.24. The third-order valence-electron chi connectivity index (χ3n) is 3.66. The topological polar surface area (TPSA) is 103 Å². The number of piperidine rings is 1. The zero-order chi connectivity index (χ0) is 16.1. The maximum absolute atomic E-state index is 12.3. The molecule has 0 bridgehead atoms. The second-order valence-electron chi connectivity index (χ2n) is 5.11. The lowest BCUT2D eigenvalue weighted by Crippen LogP contribution is -2.40. The van der Waals surface area contributed by atoms with Crippen molar-refractivity contribution in [1.29, 1.82) is 0 Å². The summed E-state index contributed by atoms with van der Waals surface area (Å²) < 4.78 is 5.00. The van der Waals surface area contributed by atoms with Gasteiger partial charge in [-0.3, -0.25) is 19.4 Å². The van der Waals surface area contributed by atoms with Gasteiger partial charge < -0.3 is 15.4 Å². The van der Waals surface area contributed by atoms with Crippen LogP contribution in [-0.2, 0) is 9.53 Å². The third kappa shape index (κ3) is 3.60. The molecule has 22 heavy (non-hydrogen) atoms. The highest BCUT2D eigenvalue weighted by molar-refractivity contribution is 5.95. The molecule has 1 aromatic rings. The van der Waals surface area contributed by atoms with Gasteiger partial charge in [-0.25, -0.2) is 0 Å². The fraction of sp³-hybridized carbons (Fsp3) is 0.467. The number of carbonyl (C=O) groups is 3. The lowest BCUT2D eigenvalue weighted by Gasteiger charge is -2.30. The highest BCUT2D eigenvalue weighted by Gasteiger charge is 2.28. The van der Waals surface area contributed by atoms with E-state index in [1.807, 2.05) is 0 Å². The summed E-state index contributed by atoms with van der Waals surface area (Å²) in [6.45, 7) is 3.15. The molecule has 0 atom stereocenters. The van der Waals surface area contributed by atoms with E-state index in [0.717, 1.165) is 0 Å². The molecule has 0 aliphatic carbocycles. The molecule has 1 aliphatic rings. The van der Waals surface area contributed by atoms with Gasteiger partial charge in [0.2, 0.25) is 0 Å². The molecule has 0 aromatic carbocycles. The number of nitrogens with zero attached hydrogens (tertiary/aromatic N) is 2. The molecule has 7 nitrogen and oxygen atoms in total. The van der Waals surface area contributed by atoms with E-state index in [1.54, 1.807) is 11.8 Å². The van der Waals surface area contributed by atoms with Crippen LogP contribution in [0.3, 0.4) is 0 Å². The second kappa shape index (κ2) is 7.02. The van der Waals surface area contributed by atoms with Gasteiger partial charge in [-0.05, 0) is 31.9 Å². The van der Waals surface area contributed by atoms with Crippen molar-refractivity contribution in [2.75, 3.05) is 19.7 Å². The van der Waals surface area contributed by atoms with Crippen LogP contribution in [0.4, 0.5) is 0 Å². The number of amides is 2. The van der Waals surface area contributed by atoms with Crippen molar-refractivity contribution >= 4 is 17.8 Å². The lowest BCUT2D eigenvalue weighted by atomic mass is 9.96. The monoisotopic (exact) mass is 305 g/mol. The predicted octanol–water partition coefficient (Wildman–Crippen LogP) is 0.596. The first-order chi connectivity index (χ1) is 10.5. The quantitative estimate of drug-likeness (QED) is 0.820. The molecule has 2 rings (SSSR count). The van der Waals surface area contributed by atoms with Crippen molar-refractivity contribution in [3.8, 4) is 0 Å². The van der Waals surface area contributed by atoms with Crippen LogP contribution in [0.15, 0.2) is 18.3 Å². The van der Waals surface area contributed by atoms with E-state index >= 15 is 0 Å². The maximum atomic E-state index is 12.3. The highest BCUT2D eigenvalue weighted by Crippen LogP contribution is 2.20. The van der Waals surface area contributed by atoms with E-state index in [2.05, 4.69) is 4.98 Å². The lowest BCUT2D eigenvalue weighted by molar-refractivity contribution is -0.149. The van der Waals surface area contributed by atoms with Gasteiger partial charge in [-0.15, -0.1) is 0 Å². The summed E-state index contributed by atoms with van der Waals surface area (Å²) >= 11 is 0. The molecular formula is C15H19N3O4. The van der Waals surface area contributed by atoms with E-state index in [4.69, 9.17) is 10.5 Å². The number of rotatable bonds is 4. The summed E-state index contributed by atoms with van der Waals surface area (Å²) in [7, 11) is 0. The molecule has 0 unspecified atom stereocenters. The van der Waals surface area contributed by atoms with Gasteiger partial charge in [0.05, 0.1) is 18.1 Å². The van der Waals surface area contributed by atoms with Crippen molar-refractivity contribution < 1.29 is 19.1 Å². The Labute approximate surface area is 128 Å². The second-order valence-corrected chi connectivity index (χ2v) is 5.11. The number of hydrogen-bond acceptors (Lipinski definition) is 5. The van der Waals surface area contributed by atoms with Crippen LogP contribution in [0.5, 0.6) is 0 Å². The summed E-state index contributed by atoms with van der Waals surface area (Å²) in [5.41, 5.74) is 5.64. The first kappa shape index (κ1) is 15.9. The summed E-state index contributed by atoms with van der Waals surface area (Å²) in [5.74, 6) is -1.12. The molecule has 1 aromatic heterocycles. The highest BCUT2D eigenvalue weighted by atomic mass is 16.5. The van der Waals surface area contributed by atoms with E-state index in [9.17, 15) is 14.4 Å². The number of pyridine rings is 1. The molecule has 1 saturated heterocycles. The SMILES string of the molecule is CCOC(=O)C1CCN(C(=O)c2ccc(C(N)=O)nc2)CC1. The van der Waals surface area contributed by atoms with Crippen LogP contribution < -0.4 is 5.73 Å². The van der Waals surface area contributed by atoms with Gasteiger partial charge in [0.25, 0.3) is 11.8 Å². The molecule has 2 amide bonds. The molecule has 7 heteroatoms. The number of likely N-dealkylation sites (tertiary alicyclic amines) is 1. The Balaban J connectivity index is 1.94. The van der Waals surface area contributed by atoms with Crippen molar-refractivity contribution in [2.45, 2.75) is 19.8 Å². The number of ether oxygens (including phenoxy) is 1.